The molecule has 0 aliphatic rings. The number of aromatic nitrogens is 2. The highest BCUT2D eigenvalue weighted by Crippen LogP contribution is 2.45. The molecule has 0 unspecified atom stereocenters. The highest BCUT2D eigenvalue weighted by Gasteiger charge is 2.20. The second kappa shape index (κ2) is 9.57. The van der Waals surface area contributed by atoms with Crippen molar-refractivity contribution in [3.8, 4) is 11.4 Å². The number of benzene rings is 9. The van der Waals surface area contributed by atoms with Gasteiger partial charge in [-0.25, -0.2) is 0 Å². The lowest BCUT2D eigenvalue weighted by atomic mass is 9.93. The highest BCUT2D eigenvalue weighted by atomic mass is 15.0. The van der Waals surface area contributed by atoms with E-state index in [0.717, 1.165) is 11.4 Å². The molecule has 0 saturated carbocycles. The summed E-state index contributed by atoms with van der Waals surface area (Å²) < 4.78 is 4.90. The zero-order chi connectivity index (χ0) is 31.3. The molecule has 9 aromatic carbocycles. The second-order valence-corrected chi connectivity index (χ2v) is 12.9. The Kier molecular flexibility index (Phi) is 5.14. The maximum atomic E-state index is 2.48. The van der Waals surface area contributed by atoms with Crippen LogP contribution in [-0.2, 0) is 0 Å². The minimum atomic E-state index is 1.15. The van der Waals surface area contributed by atoms with Crippen molar-refractivity contribution in [3.05, 3.63) is 170 Å². The Morgan fingerprint density at radius 2 is 0.729 bits per heavy atom. The molecule has 0 bridgehead atoms. The van der Waals surface area contributed by atoms with Crippen LogP contribution in [0, 0.1) is 0 Å². The first-order valence-corrected chi connectivity index (χ1v) is 16.6. The largest absolute Gasteiger partial charge is 0.309 e. The van der Waals surface area contributed by atoms with Gasteiger partial charge in [-0.15, -0.1) is 0 Å². The van der Waals surface area contributed by atoms with E-state index < -0.39 is 0 Å². The van der Waals surface area contributed by atoms with Gasteiger partial charge < -0.3 is 9.13 Å². The lowest BCUT2D eigenvalue weighted by Gasteiger charge is -2.14. The molecule has 222 valence electrons. The van der Waals surface area contributed by atoms with Gasteiger partial charge in [0.05, 0.1) is 22.1 Å². The molecule has 0 radical (unpaired) electrons. The molecule has 0 N–H and O–H groups in total. The Balaban J connectivity index is 1.23. The fourth-order valence-electron chi connectivity index (χ4n) is 8.47. The molecule has 2 heteroatoms. The minimum Gasteiger partial charge on any atom is -0.309 e. The molecule has 48 heavy (non-hydrogen) atoms. The average molecular weight is 609 g/mol. The number of nitrogens with zero attached hydrogens (tertiary/aromatic N) is 2. The Bertz CT molecular complexity index is 3100. The summed E-state index contributed by atoms with van der Waals surface area (Å²) in [4.78, 5) is 0. The molecule has 2 nitrogen and oxygen atoms in total. The van der Waals surface area contributed by atoms with Gasteiger partial charge in [-0.1, -0.05) is 127 Å². The summed E-state index contributed by atoms with van der Waals surface area (Å²) >= 11 is 0. The third-order valence-corrected chi connectivity index (χ3v) is 10.5. The van der Waals surface area contributed by atoms with Crippen molar-refractivity contribution in [1.82, 2.24) is 9.13 Å². The zero-order valence-corrected chi connectivity index (χ0v) is 26.1. The van der Waals surface area contributed by atoms with Gasteiger partial charge in [0, 0.05) is 43.7 Å². The van der Waals surface area contributed by atoms with Gasteiger partial charge in [-0.2, -0.15) is 0 Å². The third-order valence-electron chi connectivity index (χ3n) is 10.5. The van der Waals surface area contributed by atoms with E-state index in [-0.39, 0.29) is 0 Å². The highest BCUT2D eigenvalue weighted by molar-refractivity contribution is 6.36. The minimum absolute atomic E-state index is 1.15. The van der Waals surface area contributed by atoms with Gasteiger partial charge in [-0.05, 0) is 74.8 Å². The van der Waals surface area contributed by atoms with Crippen LogP contribution in [0.2, 0.25) is 0 Å². The summed E-state index contributed by atoms with van der Waals surface area (Å²) in [5.74, 6) is 0. The van der Waals surface area contributed by atoms with Crippen molar-refractivity contribution in [2.45, 2.75) is 0 Å². The first-order valence-electron chi connectivity index (χ1n) is 16.6. The van der Waals surface area contributed by atoms with Crippen LogP contribution >= 0.6 is 0 Å². The normalized spacial score (nSPS) is 12.2. The van der Waals surface area contributed by atoms with Crippen molar-refractivity contribution in [2.24, 2.45) is 0 Å². The number of hydrogen-bond acceptors (Lipinski definition) is 0. The Labute approximate surface area is 276 Å². The molecule has 2 heterocycles. The summed E-state index contributed by atoms with van der Waals surface area (Å²) in [6, 6.07) is 62.4. The monoisotopic (exact) mass is 608 g/mol. The quantitative estimate of drug-likeness (QED) is 0.173. The number of rotatable bonds is 2. The molecule has 2 aromatic heterocycles. The Morgan fingerprint density at radius 3 is 1.42 bits per heavy atom. The molecule has 0 saturated heterocycles. The van der Waals surface area contributed by atoms with Crippen molar-refractivity contribution in [2.75, 3.05) is 0 Å². The van der Waals surface area contributed by atoms with E-state index in [1.54, 1.807) is 0 Å². The molecule has 11 aromatic rings. The van der Waals surface area contributed by atoms with E-state index in [1.165, 1.54) is 86.7 Å². The van der Waals surface area contributed by atoms with Crippen LogP contribution in [0.1, 0.15) is 0 Å². The number of hydrogen-bond donors (Lipinski definition) is 0. The summed E-state index contributed by atoms with van der Waals surface area (Å²) in [6.45, 7) is 0. The predicted molar refractivity (Wildman–Crippen MR) is 205 cm³/mol. The fourth-order valence-corrected chi connectivity index (χ4v) is 8.47. The fraction of sp³-hybridized carbons (Fsp3) is 0. The molecule has 0 aliphatic heterocycles. The van der Waals surface area contributed by atoms with Gasteiger partial charge in [0.1, 0.15) is 0 Å². The molecule has 0 aliphatic carbocycles. The molecule has 0 fully saturated rings. The van der Waals surface area contributed by atoms with Crippen LogP contribution in [0.25, 0.3) is 98.1 Å². The Morgan fingerprint density at radius 1 is 0.250 bits per heavy atom. The molecular weight excluding hydrogens is 581 g/mol. The lowest BCUT2D eigenvalue weighted by molar-refractivity contribution is 1.15. The van der Waals surface area contributed by atoms with E-state index in [0.29, 0.717) is 0 Å². The van der Waals surface area contributed by atoms with E-state index in [2.05, 4.69) is 179 Å². The second-order valence-electron chi connectivity index (χ2n) is 12.9. The van der Waals surface area contributed by atoms with Crippen LogP contribution in [-0.4, -0.2) is 9.13 Å². The van der Waals surface area contributed by atoms with Crippen LogP contribution in [0.3, 0.4) is 0 Å². The number of para-hydroxylation sites is 2. The van der Waals surface area contributed by atoms with E-state index in [1.807, 2.05) is 0 Å². The predicted octanol–water partition coefficient (Wildman–Crippen LogP) is 12.5. The summed E-state index contributed by atoms with van der Waals surface area (Å²) in [6.07, 6.45) is 0. The van der Waals surface area contributed by atoms with E-state index in [9.17, 15) is 0 Å². The van der Waals surface area contributed by atoms with Gasteiger partial charge in [0.15, 0.2) is 0 Å². The van der Waals surface area contributed by atoms with Crippen LogP contribution in [0.15, 0.2) is 170 Å². The van der Waals surface area contributed by atoms with Gasteiger partial charge in [0.2, 0.25) is 0 Å². The van der Waals surface area contributed by atoms with Crippen molar-refractivity contribution >= 4 is 86.7 Å². The molecule has 11 rings (SSSR count). The van der Waals surface area contributed by atoms with E-state index >= 15 is 0 Å². The Hall–Kier alpha value is -6.38. The van der Waals surface area contributed by atoms with Crippen molar-refractivity contribution in [3.63, 3.8) is 0 Å². The van der Waals surface area contributed by atoms with Crippen LogP contribution in [0.4, 0.5) is 0 Å². The molecular formula is C46H28N2. The first kappa shape index (κ1) is 25.8. The van der Waals surface area contributed by atoms with Crippen molar-refractivity contribution < 1.29 is 0 Å². The van der Waals surface area contributed by atoms with Crippen molar-refractivity contribution in [1.29, 1.82) is 0 Å². The maximum absolute atomic E-state index is 2.48. The van der Waals surface area contributed by atoms with Gasteiger partial charge in [0.25, 0.3) is 0 Å². The van der Waals surface area contributed by atoms with Gasteiger partial charge >= 0.3 is 0 Å². The van der Waals surface area contributed by atoms with E-state index in [4.69, 9.17) is 0 Å². The van der Waals surface area contributed by atoms with Crippen LogP contribution < -0.4 is 0 Å². The summed E-state index contributed by atoms with van der Waals surface area (Å²) in [5.41, 5.74) is 7.23. The molecule has 0 amide bonds. The standard InChI is InChI=1S/C46H28N2/c1-3-13-33-30(12-1)22-28-42-43(33)38-17-7-9-19-40(38)47(42)31-23-25-32(26-24-31)48-41-20-10-8-18-39(41)45-44-34-14-4-2-11-29(34)21-27-36(44)35-15-5-6-16-37(35)46(45)48/h1-28H. The first-order chi connectivity index (χ1) is 23.8. The smallest absolute Gasteiger partial charge is 0.0626 e. The SMILES string of the molecule is c1ccc2c(c1)ccc1c3ccccc3c3c(c4ccccc4n3-c3ccc(-n4c5ccccc5c5c6ccccc6ccc54)cc3)c21. The number of fused-ring (bicyclic) bond motifs is 15. The molecule has 0 spiro atoms. The lowest BCUT2D eigenvalue weighted by Crippen LogP contribution is -1.98. The van der Waals surface area contributed by atoms with Crippen LogP contribution in [0.5, 0.6) is 0 Å². The van der Waals surface area contributed by atoms with Gasteiger partial charge in [-0.3, -0.25) is 0 Å². The third kappa shape index (κ3) is 3.36. The molecule has 0 atom stereocenters. The summed E-state index contributed by atoms with van der Waals surface area (Å²) in [7, 11) is 0. The maximum Gasteiger partial charge on any atom is 0.0626 e. The topological polar surface area (TPSA) is 9.86 Å². The average Bonchev–Trinajstić information content (AvgIpc) is 3.69. The zero-order valence-electron chi connectivity index (χ0n) is 26.1. The summed E-state index contributed by atoms with van der Waals surface area (Å²) in [5, 5.41) is 15.5.